The van der Waals surface area contributed by atoms with E-state index in [1.54, 1.807) is 18.4 Å². The Hall–Kier alpha value is -2.42. The third kappa shape index (κ3) is 4.89. The smallest absolute Gasteiger partial charge is 0.241 e. The quantitative estimate of drug-likeness (QED) is 0.576. The molecule has 0 aliphatic carbocycles. The Kier molecular flexibility index (Phi) is 6.20. The number of benzene rings is 1. The van der Waals surface area contributed by atoms with E-state index in [2.05, 4.69) is 19.9 Å². The lowest BCUT2D eigenvalue weighted by Gasteiger charge is -2.33. The topological polar surface area (TPSA) is 63.9 Å². The van der Waals surface area contributed by atoms with Gasteiger partial charge in [0.15, 0.2) is 0 Å². The van der Waals surface area contributed by atoms with Crippen LogP contribution < -0.4 is 9.47 Å². The van der Waals surface area contributed by atoms with Gasteiger partial charge in [0.05, 0.1) is 18.5 Å². The minimum absolute atomic E-state index is 0.680. The van der Waals surface area contributed by atoms with Crippen molar-refractivity contribution in [2.45, 2.75) is 6.54 Å². The maximum absolute atomic E-state index is 5.83. The van der Waals surface area contributed by atoms with Gasteiger partial charge in [-0.2, -0.15) is 4.98 Å². The van der Waals surface area contributed by atoms with Gasteiger partial charge in [0, 0.05) is 32.7 Å². The molecule has 4 rings (SSSR count). The van der Waals surface area contributed by atoms with Crippen LogP contribution in [0.5, 0.6) is 11.5 Å². The fraction of sp³-hybridized carbons (Fsp3) is 0.400. The second kappa shape index (κ2) is 9.18. The summed E-state index contributed by atoms with van der Waals surface area (Å²) in [5.74, 6) is 3.07. The zero-order valence-corrected chi connectivity index (χ0v) is 16.7. The van der Waals surface area contributed by atoms with E-state index in [1.807, 2.05) is 41.8 Å². The van der Waals surface area contributed by atoms with E-state index >= 15 is 0 Å². The molecular weight excluding hydrogens is 376 g/mol. The van der Waals surface area contributed by atoms with Crippen molar-refractivity contribution in [2.75, 3.05) is 46.4 Å². The summed E-state index contributed by atoms with van der Waals surface area (Å²) >= 11 is 1.62. The number of piperazine rings is 1. The molecule has 0 N–H and O–H groups in total. The SMILES string of the molecule is COc1ccc(OCCN2CCN(Cc3nc(-c4cccs4)no3)CC2)cc1. The number of hydrogen-bond acceptors (Lipinski definition) is 8. The normalized spacial score (nSPS) is 15.6. The van der Waals surface area contributed by atoms with E-state index in [-0.39, 0.29) is 0 Å². The van der Waals surface area contributed by atoms with Gasteiger partial charge in [0.1, 0.15) is 18.1 Å². The number of hydrogen-bond donors (Lipinski definition) is 0. The van der Waals surface area contributed by atoms with Gasteiger partial charge >= 0.3 is 0 Å². The van der Waals surface area contributed by atoms with E-state index in [4.69, 9.17) is 14.0 Å². The van der Waals surface area contributed by atoms with Gasteiger partial charge in [-0.15, -0.1) is 11.3 Å². The highest BCUT2D eigenvalue weighted by Crippen LogP contribution is 2.22. The second-order valence-electron chi connectivity index (χ2n) is 6.63. The lowest BCUT2D eigenvalue weighted by atomic mass is 10.3. The van der Waals surface area contributed by atoms with Gasteiger partial charge in [-0.05, 0) is 35.7 Å². The molecule has 0 bridgehead atoms. The molecule has 1 aliphatic heterocycles. The molecule has 1 aromatic carbocycles. The third-order valence-electron chi connectivity index (χ3n) is 4.77. The highest BCUT2D eigenvalue weighted by Gasteiger charge is 2.19. The monoisotopic (exact) mass is 400 g/mol. The molecule has 1 aliphatic rings. The fourth-order valence-corrected chi connectivity index (χ4v) is 3.80. The molecule has 0 atom stereocenters. The van der Waals surface area contributed by atoms with Crippen LogP contribution in [0.4, 0.5) is 0 Å². The number of methoxy groups -OCH3 is 1. The van der Waals surface area contributed by atoms with Gasteiger partial charge < -0.3 is 14.0 Å². The van der Waals surface area contributed by atoms with Crippen molar-refractivity contribution < 1.29 is 14.0 Å². The lowest BCUT2D eigenvalue weighted by molar-refractivity contribution is 0.104. The van der Waals surface area contributed by atoms with Crippen LogP contribution in [0.2, 0.25) is 0 Å². The van der Waals surface area contributed by atoms with Crippen molar-refractivity contribution in [2.24, 2.45) is 0 Å². The van der Waals surface area contributed by atoms with Gasteiger partial charge in [-0.25, -0.2) is 0 Å². The van der Waals surface area contributed by atoms with Crippen molar-refractivity contribution in [3.05, 3.63) is 47.7 Å². The molecule has 0 saturated carbocycles. The summed E-state index contributed by atoms with van der Waals surface area (Å²) in [6, 6.07) is 11.7. The summed E-state index contributed by atoms with van der Waals surface area (Å²) < 4.78 is 16.4. The second-order valence-corrected chi connectivity index (χ2v) is 7.58. The molecule has 3 aromatic rings. The van der Waals surface area contributed by atoms with Crippen LogP contribution in [0.1, 0.15) is 5.89 Å². The lowest BCUT2D eigenvalue weighted by Crippen LogP contribution is -2.47. The summed E-state index contributed by atoms with van der Waals surface area (Å²) in [4.78, 5) is 10.3. The molecule has 0 amide bonds. The minimum atomic E-state index is 0.680. The summed E-state index contributed by atoms with van der Waals surface area (Å²) in [6.07, 6.45) is 0. The van der Waals surface area contributed by atoms with Gasteiger partial charge in [-0.1, -0.05) is 11.2 Å². The number of aromatic nitrogens is 2. The van der Waals surface area contributed by atoms with Crippen LogP contribution in [-0.4, -0.2) is 66.4 Å². The maximum atomic E-state index is 5.83. The Morgan fingerprint density at radius 1 is 1.04 bits per heavy atom. The van der Waals surface area contributed by atoms with E-state index in [0.717, 1.165) is 49.1 Å². The Morgan fingerprint density at radius 3 is 2.50 bits per heavy atom. The first-order valence-electron chi connectivity index (χ1n) is 9.38. The Labute approximate surface area is 168 Å². The van der Waals surface area contributed by atoms with E-state index < -0.39 is 0 Å². The Balaban J connectivity index is 1.17. The number of ether oxygens (including phenoxy) is 2. The molecule has 3 heterocycles. The van der Waals surface area contributed by atoms with E-state index in [1.165, 1.54) is 0 Å². The molecular formula is C20H24N4O3S. The highest BCUT2D eigenvalue weighted by atomic mass is 32.1. The predicted molar refractivity (Wildman–Crippen MR) is 108 cm³/mol. The van der Waals surface area contributed by atoms with E-state index in [0.29, 0.717) is 24.9 Å². The molecule has 2 aromatic heterocycles. The first-order valence-corrected chi connectivity index (χ1v) is 10.3. The van der Waals surface area contributed by atoms with Crippen molar-refractivity contribution in [3.63, 3.8) is 0 Å². The van der Waals surface area contributed by atoms with Crippen LogP contribution in [0.25, 0.3) is 10.7 Å². The van der Waals surface area contributed by atoms with Crippen molar-refractivity contribution >= 4 is 11.3 Å². The molecule has 7 nitrogen and oxygen atoms in total. The molecule has 0 unspecified atom stereocenters. The van der Waals surface area contributed by atoms with Crippen molar-refractivity contribution in [1.82, 2.24) is 19.9 Å². The summed E-state index contributed by atoms with van der Waals surface area (Å²) in [6.45, 7) is 6.30. The van der Waals surface area contributed by atoms with Crippen LogP contribution in [0.3, 0.4) is 0 Å². The minimum Gasteiger partial charge on any atom is -0.497 e. The van der Waals surface area contributed by atoms with Crippen molar-refractivity contribution in [3.8, 4) is 22.2 Å². The number of nitrogens with zero attached hydrogens (tertiary/aromatic N) is 4. The van der Waals surface area contributed by atoms with E-state index in [9.17, 15) is 0 Å². The van der Waals surface area contributed by atoms with Gasteiger partial charge in [-0.3, -0.25) is 9.80 Å². The standard InChI is InChI=1S/C20H24N4O3S/c1-25-16-4-6-17(7-5-16)26-13-12-23-8-10-24(11-9-23)15-19-21-20(22-27-19)18-3-2-14-28-18/h2-7,14H,8-13,15H2,1H3. The molecule has 0 spiro atoms. The number of thiophene rings is 1. The molecule has 1 saturated heterocycles. The molecule has 8 heteroatoms. The number of rotatable bonds is 8. The summed E-state index contributed by atoms with van der Waals surface area (Å²) in [5, 5.41) is 6.10. The van der Waals surface area contributed by atoms with Crippen LogP contribution in [0.15, 0.2) is 46.3 Å². The first kappa shape index (κ1) is 18.9. The Bertz CT molecular complexity index is 843. The molecule has 1 fully saturated rings. The van der Waals surface area contributed by atoms with Crippen LogP contribution in [-0.2, 0) is 6.54 Å². The predicted octanol–water partition coefficient (Wildman–Crippen LogP) is 3.00. The van der Waals surface area contributed by atoms with Crippen LogP contribution >= 0.6 is 11.3 Å². The average molecular weight is 401 g/mol. The highest BCUT2D eigenvalue weighted by molar-refractivity contribution is 7.13. The van der Waals surface area contributed by atoms with Crippen LogP contribution in [0, 0.1) is 0 Å². The molecule has 0 radical (unpaired) electrons. The third-order valence-corrected chi connectivity index (χ3v) is 5.63. The average Bonchev–Trinajstić information content (AvgIpc) is 3.42. The zero-order valence-electron chi connectivity index (χ0n) is 15.9. The van der Waals surface area contributed by atoms with Gasteiger partial charge in [0.2, 0.25) is 11.7 Å². The van der Waals surface area contributed by atoms with Crippen molar-refractivity contribution in [1.29, 1.82) is 0 Å². The maximum Gasteiger partial charge on any atom is 0.241 e. The van der Waals surface area contributed by atoms with Gasteiger partial charge in [0.25, 0.3) is 0 Å². The molecule has 148 valence electrons. The fourth-order valence-electron chi connectivity index (χ4n) is 3.15. The molecule has 28 heavy (non-hydrogen) atoms. The summed E-state index contributed by atoms with van der Waals surface area (Å²) in [7, 11) is 1.66. The summed E-state index contributed by atoms with van der Waals surface area (Å²) in [5.41, 5.74) is 0. The zero-order chi connectivity index (χ0) is 19.2. The first-order chi connectivity index (χ1) is 13.8. The largest absolute Gasteiger partial charge is 0.497 e. The Morgan fingerprint density at radius 2 is 1.79 bits per heavy atom.